The second-order valence-corrected chi connectivity index (χ2v) is 3.22. The third-order valence-electron chi connectivity index (χ3n) is 1.98. The molecule has 1 aliphatic heterocycles. The average molecular weight is 173 g/mol. The van der Waals surface area contributed by atoms with Gasteiger partial charge in [-0.05, 0) is 14.1 Å². The smallest absolute Gasteiger partial charge is 0.303 e. The van der Waals surface area contributed by atoms with Gasteiger partial charge < -0.3 is 14.4 Å². The highest BCUT2D eigenvalue weighted by molar-refractivity contribution is 5.66. The zero-order valence-corrected chi connectivity index (χ0v) is 7.74. The van der Waals surface area contributed by atoms with Gasteiger partial charge in [-0.3, -0.25) is 4.79 Å². The van der Waals surface area contributed by atoms with E-state index in [0.717, 1.165) is 0 Å². The molecule has 0 bridgehead atoms. The van der Waals surface area contributed by atoms with Crippen molar-refractivity contribution in [2.45, 2.75) is 19.1 Å². The summed E-state index contributed by atoms with van der Waals surface area (Å²) in [5.41, 5.74) is 0. The molecule has 4 nitrogen and oxygen atoms in total. The van der Waals surface area contributed by atoms with Crippen molar-refractivity contribution in [2.75, 3.05) is 27.3 Å². The van der Waals surface area contributed by atoms with Gasteiger partial charge in [0.2, 0.25) is 0 Å². The van der Waals surface area contributed by atoms with Gasteiger partial charge in [0.15, 0.2) is 0 Å². The molecule has 0 radical (unpaired) electrons. The van der Waals surface area contributed by atoms with Crippen LogP contribution in [0.1, 0.15) is 6.92 Å². The van der Waals surface area contributed by atoms with E-state index < -0.39 is 0 Å². The monoisotopic (exact) mass is 173 g/mol. The van der Waals surface area contributed by atoms with Crippen LogP contribution in [0.15, 0.2) is 0 Å². The molecule has 1 aliphatic rings. The maximum absolute atomic E-state index is 10.7. The lowest BCUT2D eigenvalue weighted by Gasteiger charge is -2.23. The number of carbonyl (C=O) groups excluding carboxylic acids is 1. The first-order valence-corrected chi connectivity index (χ1v) is 4.02. The molecule has 4 heteroatoms. The summed E-state index contributed by atoms with van der Waals surface area (Å²) in [4.78, 5) is 12.7. The van der Waals surface area contributed by atoms with E-state index >= 15 is 0 Å². The Morgan fingerprint density at radius 3 is 2.67 bits per heavy atom. The standard InChI is InChI=1S/C8H15NO3/c1-6(10)12-8-5-11-4-7(8)9(2)3/h7-8H,4-5H2,1-3H3/t7-,8-/m0/s1. The van der Waals surface area contributed by atoms with Crippen LogP contribution in [-0.4, -0.2) is 50.3 Å². The van der Waals surface area contributed by atoms with Crippen LogP contribution < -0.4 is 0 Å². The molecule has 0 aromatic rings. The third kappa shape index (κ3) is 2.19. The van der Waals surface area contributed by atoms with Gasteiger partial charge in [0.05, 0.1) is 19.3 Å². The van der Waals surface area contributed by atoms with Crippen LogP contribution in [0.5, 0.6) is 0 Å². The van der Waals surface area contributed by atoms with E-state index in [-0.39, 0.29) is 18.1 Å². The first kappa shape index (κ1) is 9.48. The van der Waals surface area contributed by atoms with Crippen molar-refractivity contribution < 1.29 is 14.3 Å². The number of likely N-dealkylation sites (N-methyl/N-ethyl adjacent to an activating group) is 1. The molecule has 0 saturated carbocycles. The zero-order chi connectivity index (χ0) is 9.14. The first-order valence-electron chi connectivity index (χ1n) is 4.02. The Balaban J connectivity index is 2.46. The van der Waals surface area contributed by atoms with E-state index in [4.69, 9.17) is 9.47 Å². The number of carbonyl (C=O) groups is 1. The number of hydrogen-bond acceptors (Lipinski definition) is 4. The minimum absolute atomic E-state index is 0.0995. The van der Waals surface area contributed by atoms with E-state index in [9.17, 15) is 4.79 Å². The highest BCUT2D eigenvalue weighted by Crippen LogP contribution is 2.13. The maximum Gasteiger partial charge on any atom is 0.303 e. The minimum Gasteiger partial charge on any atom is -0.458 e. The summed E-state index contributed by atoms with van der Waals surface area (Å²) in [5, 5.41) is 0. The van der Waals surface area contributed by atoms with E-state index in [1.54, 1.807) is 0 Å². The summed E-state index contributed by atoms with van der Waals surface area (Å²) in [6.45, 7) is 2.58. The van der Waals surface area contributed by atoms with E-state index in [2.05, 4.69) is 0 Å². The summed E-state index contributed by atoms with van der Waals surface area (Å²) in [6, 6.07) is 0.203. The molecule has 1 rings (SSSR count). The van der Waals surface area contributed by atoms with Crippen LogP contribution in [0.3, 0.4) is 0 Å². The Bertz CT molecular complexity index is 170. The molecule has 70 valence electrons. The van der Waals surface area contributed by atoms with Gasteiger partial charge >= 0.3 is 5.97 Å². The van der Waals surface area contributed by atoms with Crippen molar-refractivity contribution in [1.82, 2.24) is 4.90 Å². The lowest BCUT2D eigenvalue weighted by atomic mass is 10.2. The summed E-state index contributed by atoms with van der Waals surface area (Å²) in [6.07, 6.45) is -0.0995. The minimum atomic E-state index is -0.239. The second-order valence-electron chi connectivity index (χ2n) is 3.22. The molecule has 0 aliphatic carbocycles. The van der Waals surface area contributed by atoms with Crippen molar-refractivity contribution in [1.29, 1.82) is 0 Å². The van der Waals surface area contributed by atoms with Crippen LogP contribution in [0.2, 0.25) is 0 Å². The van der Waals surface area contributed by atoms with Gasteiger partial charge in [-0.15, -0.1) is 0 Å². The molecule has 0 spiro atoms. The molecule has 0 aromatic heterocycles. The fourth-order valence-electron chi connectivity index (χ4n) is 1.33. The van der Waals surface area contributed by atoms with E-state index in [0.29, 0.717) is 13.2 Å². The molecular weight excluding hydrogens is 158 g/mol. The quantitative estimate of drug-likeness (QED) is 0.546. The van der Waals surface area contributed by atoms with Gasteiger partial charge in [0.1, 0.15) is 6.10 Å². The van der Waals surface area contributed by atoms with Gasteiger partial charge in [0.25, 0.3) is 0 Å². The largest absolute Gasteiger partial charge is 0.458 e. The predicted octanol–water partition coefficient (Wildman–Crippen LogP) is -0.122. The van der Waals surface area contributed by atoms with E-state index in [1.165, 1.54) is 6.92 Å². The van der Waals surface area contributed by atoms with Gasteiger partial charge in [-0.25, -0.2) is 0 Å². The summed E-state index contributed by atoms with van der Waals surface area (Å²) in [7, 11) is 3.91. The molecular formula is C8H15NO3. The number of esters is 1. The summed E-state index contributed by atoms with van der Waals surface area (Å²) >= 11 is 0. The van der Waals surface area contributed by atoms with Crippen LogP contribution >= 0.6 is 0 Å². The normalized spacial score (nSPS) is 29.3. The van der Waals surface area contributed by atoms with Crippen LogP contribution in [-0.2, 0) is 14.3 Å². The fraction of sp³-hybridized carbons (Fsp3) is 0.875. The van der Waals surface area contributed by atoms with Crippen molar-refractivity contribution >= 4 is 5.97 Å². The predicted molar refractivity (Wildman–Crippen MR) is 43.8 cm³/mol. The van der Waals surface area contributed by atoms with Crippen molar-refractivity contribution in [2.24, 2.45) is 0 Å². The lowest BCUT2D eigenvalue weighted by Crippen LogP contribution is -2.40. The summed E-state index contributed by atoms with van der Waals surface area (Å²) in [5.74, 6) is -0.239. The first-order chi connectivity index (χ1) is 5.61. The van der Waals surface area contributed by atoms with Crippen LogP contribution in [0, 0.1) is 0 Å². The van der Waals surface area contributed by atoms with Crippen LogP contribution in [0.25, 0.3) is 0 Å². The van der Waals surface area contributed by atoms with Crippen LogP contribution in [0.4, 0.5) is 0 Å². The third-order valence-corrected chi connectivity index (χ3v) is 1.98. The number of rotatable bonds is 2. The van der Waals surface area contributed by atoms with Crippen molar-refractivity contribution in [3.05, 3.63) is 0 Å². The number of nitrogens with zero attached hydrogens (tertiary/aromatic N) is 1. The molecule has 12 heavy (non-hydrogen) atoms. The molecule has 0 N–H and O–H groups in total. The van der Waals surface area contributed by atoms with Gasteiger partial charge in [0, 0.05) is 6.92 Å². The van der Waals surface area contributed by atoms with Gasteiger partial charge in [-0.2, -0.15) is 0 Å². The Hall–Kier alpha value is -0.610. The molecule has 1 heterocycles. The summed E-state index contributed by atoms with van der Waals surface area (Å²) < 4.78 is 10.3. The topological polar surface area (TPSA) is 38.8 Å². The molecule has 0 amide bonds. The molecule has 1 fully saturated rings. The van der Waals surface area contributed by atoms with E-state index in [1.807, 2.05) is 19.0 Å². The number of hydrogen-bond donors (Lipinski definition) is 0. The highest BCUT2D eigenvalue weighted by Gasteiger charge is 2.32. The fourth-order valence-corrected chi connectivity index (χ4v) is 1.33. The Kier molecular flexibility index (Phi) is 3.05. The lowest BCUT2D eigenvalue weighted by molar-refractivity contribution is -0.148. The Morgan fingerprint density at radius 2 is 2.17 bits per heavy atom. The van der Waals surface area contributed by atoms with Crippen molar-refractivity contribution in [3.8, 4) is 0 Å². The average Bonchev–Trinajstić information content (AvgIpc) is 2.33. The molecule has 1 saturated heterocycles. The van der Waals surface area contributed by atoms with Gasteiger partial charge in [-0.1, -0.05) is 0 Å². The SMILES string of the molecule is CC(=O)O[C@H]1COC[C@@H]1N(C)C. The Morgan fingerprint density at radius 1 is 1.50 bits per heavy atom. The molecule has 2 atom stereocenters. The molecule has 0 unspecified atom stereocenters. The second kappa shape index (κ2) is 3.87. The van der Waals surface area contributed by atoms with Crippen molar-refractivity contribution in [3.63, 3.8) is 0 Å². The maximum atomic E-state index is 10.7. The molecule has 0 aromatic carbocycles. The number of ether oxygens (including phenoxy) is 2. The Labute approximate surface area is 72.4 Å². The highest BCUT2D eigenvalue weighted by atomic mass is 16.6. The zero-order valence-electron chi connectivity index (χ0n) is 7.74.